The largest absolute Gasteiger partial charge is 0.321 e. The van der Waals surface area contributed by atoms with E-state index in [9.17, 15) is 4.79 Å². The number of amides is 1. The number of rotatable bonds is 1. The lowest BCUT2D eigenvalue weighted by molar-refractivity contribution is -0.110. The summed E-state index contributed by atoms with van der Waals surface area (Å²) in [7, 11) is 0. The number of nitrogens with one attached hydrogen (secondary N) is 1. The van der Waals surface area contributed by atoms with Crippen molar-refractivity contribution in [3.05, 3.63) is 65.2 Å². The Morgan fingerprint density at radius 3 is 1.80 bits per heavy atom. The third kappa shape index (κ3) is 11.9. The van der Waals surface area contributed by atoms with Crippen molar-refractivity contribution in [3.8, 4) is 0 Å². The number of aryl methyl sites for hydroxylation is 2. The summed E-state index contributed by atoms with van der Waals surface area (Å²) in [6.07, 6.45) is 3.88. The second kappa shape index (κ2) is 17.8. The number of hydrogen-bond donors (Lipinski definition) is 1. The molecule has 0 fully saturated rings. The minimum Gasteiger partial charge on any atom is -0.321 e. The second-order valence-corrected chi connectivity index (χ2v) is 7.84. The zero-order valence-electron chi connectivity index (χ0n) is 21.0. The van der Waals surface area contributed by atoms with Crippen LogP contribution in [0.25, 0.3) is 5.57 Å². The molecule has 170 valence electrons. The molecule has 0 unspecified atom stereocenters. The molecule has 30 heavy (non-hydrogen) atoms. The van der Waals surface area contributed by atoms with E-state index in [1.165, 1.54) is 16.0 Å². The van der Waals surface area contributed by atoms with Crippen LogP contribution in [0.15, 0.2) is 53.4 Å². The number of thioether (sulfide) groups is 1. The molecule has 2 aromatic rings. The Balaban J connectivity index is -0.000000395. The third-order valence-electron chi connectivity index (χ3n) is 3.47. The number of carbonyl (C=O) groups excluding carboxylic acids is 1. The Bertz CT molecular complexity index is 750. The van der Waals surface area contributed by atoms with Crippen LogP contribution in [-0.2, 0) is 4.79 Å². The lowest BCUT2D eigenvalue weighted by Gasteiger charge is -2.00. The van der Waals surface area contributed by atoms with Gasteiger partial charge in [-0.25, -0.2) is 0 Å². The van der Waals surface area contributed by atoms with Crippen molar-refractivity contribution in [2.75, 3.05) is 11.6 Å². The molecule has 0 saturated carbocycles. The predicted octanol–water partition coefficient (Wildman–Crippen LogP) is 9.03. The zero-order chi connectivity index (χ0) is 23.7. The van der Waals surface area contributed by atoms with Crippen LogP contribution in [0, 0.1) is 19.8 Å². The zero-order valence-corrected chi connectivity index (χ0v) is 21.8. The molecule has 0 bridgehead atoms. The molecule has 0 spiro atoms. The first-order chi connectivity index (χ1) is 14.3. The Morgan fingerprint density at radius 1 is 0.933 bits per heavy atom. The van der Waals surface area contributed by atoms with Crippen molar-refractivity contribution in [2.24, 2.45) is 5.92 Å². The quantitative estimate of drug-likeness (QED) is 0.360. The number of fused-ring (bicyclic) bond motifs is 1. The van der Waals surface area contributed by atoms with Gasteiger partial charge in [0, 0.05) is 23.1 Å². The van der Waals surface area contributed by atoms with Crippen molar-refractivity contribution in [3.63, 3.8) is 0 Å². The highest BCUT2D eigenvalue weighted by Gasteiger charge is 2.22. The molecule has 1 amide bonds. The van der Waals surface area contributed by atoms with Crippen LogP contribution in [0.1, 0.15) is 73.5 Å². The van der Waals surface area contributed by atoms with E-state index in [1.54, 1.807) is 11.8 Å². The van der Waals surface area contributed by atoms with Crippen LogP contribution in [0.4, 0.5) is 5.69 Å². The number of allylic oxidation sites excluding steroid dienone is 1. The Morgan fingerprint density at radius 2 is 1.43 bits per heavy atom. The average Bonchev–Trinajstić information content (AvgIpc) is 3.05. The van der Waals surface area contributed by atoms with Gasteiger partial charge in [-0.1, -0.05) is 89.9 Å². The minimum atomic E-state index is 0. The van der Waals surface area contributed by atoms with Crippen LogP contribution in [0.5, 0.6) is 0 Å². The van der Waals surface area contributed by atoms with Crippen molar-refractivity contribution in [1.82, 2.24) is 0 Å². The van der Waals surface area contributed by atoms with Crippen LogP contribution in [0.3, 0.4) is 0 Å². The normalized spacial score (nSPS) is 12.0. The van der Waals surface area contributed by atoms with E-state index in [1.807, 2.05) is 65.1 Å². The first-order valence-corrected chi connectivity index (χ1v) is 12.2. The van der Waals surface area contributed by atoms with E-state index in [0.717, 1.165) is 22.7 Å². The van der Waals surface area contributed by atoms with E-state index in [0.29, 0.717) is 0 Å². The van der Waals surface area contributed by atoms with Gasteiger partial charge in [0.2, 0.25) is 0 Å². The van der Waals surface area contributed by atoms with Crippen LogP contribution in [0.2, 0.25) is 0 Å². The van der Waals surface area contributed by atoms with Gasteiger partial charge in [0.15, 0.2) is 0 Å². The van der Waals surface area contributed by atoms with Crippen molar-refractivity contribution in [2.45, 2.75) is 74.1 Å². The lowest BCUT2D eigenvalue weighted by atomic mass is 10.1. The van der Waals surface area contributed by atoms with Crippen molar-refractivity contribution < 1.29 is 6.22 Å². The first-order valence-electron chi connectivity index (χ1n) is 11.0. The van der Waals surface area contributed by atoms with Gasteiger partial charge in [0.1, 0.15) is 0 Å². The van der Waals surface area contributed by atoms with Crippen molar-refractivity contribution >= 4 is 28.9 Å². The Hall–Kier alpha value is -2.00. The summed E-state index contributed by atoms with van der Waals surface area (Å²) in [4.78, 5) is 12.7. The van der Waals surface area contributed by atoms with Gasteiger partial charge in [-0.3, -0.25) is 4.79 Å². The fourth-order valence-electron chi connectivity index (χ4n) is 2.39. The van der Waals surface area contributed by atoms with Crippen LogP contribution >= 0.6 is 11.8 Å². The summed E-state index contributed by atoms with van der Waals surface area (Å²) in [6.45, 7) is 20.6. The standard InChI is InChI=1S/C11H11NOS.C8H10.C4H10.2C2H6.H2/c1-3-8-9-6-7(14-2)4-5-10(9)12-11(8)13;1-7-4-3-5-8(2)6-7;1-4(2)3;2*1-2;/h3-6H,1-2H3,(H,12,13);3-6H,1-2H3;4H,1-3H3;2*1-2H3;1H/b8-3-;;;;;. The van der Waals surface area contributed by atoms with E-state index in [2.05, 4.69) is 64.2 Å². The fraction of sp³-hybridized carbons (Fsp3) is 0.444. The van der Waals surface area contributed by atoms with Crippen molar-refractivity contribution in [1.29, 1.82) is 0 Å². The lowest BCUT2D eigenvalue weighted by Crippen LogP contribution is -2.03. The van der Waals surface area contributed by atoms with Crippen LogP contribution < -0.4 is 5.32 Å². The van der Waals surface area contributed by atoms with Gasteiger partial charge in [-0.2, -0.15) is 0 Å². The van der Waals surface area contributed by atoms with E-state index in [4.69, 9.17) is 0 Å². The summed E-state index contributed by atoms with van der Waals surface area (Å²) in [5, 5.41) is 2.83. The van der Waals surface area contributed by atoms with Gasteiger partial charge in [0.25, 0.3) is 5.91 Å². The monoisotopic (exact) mass is 431 g/mol. The summed E-state index contributed by atoms with van der Waals surface area (Å²) < 4.78 is 0. The molecule has 1 aliphatic rings. The van der Waals surface area contributed by atoms with Gasteiger partial charge < -0.3 is 5.32 Å². The number of benzene rings is 2. The molecule has 2 aromatic carbocycles. The number of carbonyl (C=O) groups is 1. The predicted molar refractivity (Wildman–Crippen MR) is 142 cm³/mol. The van der Waals surface area contributed by atoms with E-state index in [-0.39, 0.29) is 7.33 Å². The summed E-state index contributed by atoms with van der Waals surface area (Å²) in [5.74, 6) is 0.834. The number of anilines is 1. The Labute approximate surface area is 192 Å². The molecule has 0 radical (unpaired) electrons. The van der Waals surface area contributed by atoms with Crippen LogP contribution in [-0.4, -0.2) is 12.2 Å². The first kappa shape index (κ1) is 30.2. The average molecular weight is 432 g/mol. The van der Waals surface area contributed by atoms with E-state index >= 15 is 0 Å². The summed E-state index contributed by atoms with van der Waals surface area (Å²) in [5.41, 5.74) is 5.39. The summed E-state index contributed by atoms with van der Waals surface area (Å²) >= 11 is 1.68. The number of hydrogen-bond acceptors (Lipinski definition) is 2. The molecule has 0 aromatic heterocycles. The highest BCUT2D eigenvalue weighted by atomic mass is 32.2. The molecule has 1 heterocycles. The molecule has 2 nitrogen and oxygen atoms in total. The maximum absolute atomic E-state index is 11.5. The molecule has 1 aliphatic heterocycles. The minimum absolute atomic E-state index is 0. The van der Waals surface area contributed by atoms with E-state index < -0.39 is 0 Å². The molecule has 3 heteroatoms. The fourth-order valence-corrected chi connectivity index (χ4v) is 2.83. The Kier molecular flexibility index (Phi) is 17.9. The third-order valence-corrected chi connectivity index (χ3v) is 4.20. The van der Waals surface area contributed by atoms with Gasteiger partial charge >= 0.3 is 0 Å². The molecular weight excluding hydrogens is 386 g/mol. The maximum Gasteiger partial charge on any atom is 0.256 e. The van der Waals surface area contributed by atoms with Gasteiger partial charge in [-0.05, 0) is 51.1 Å². The summed E-state index contributed by atoms with van der Waals surface area (Å²) in [6, 6.07) is 14.5. The smallest absolute Gasteiger partial charge is 0.256 e. The van der Waals surface area contributed by atoms with Gasteiger partial charge in [0.05, 0.1) is 0 Å². The molecule has 0 aliphatic carbocycles. The second-order valence-electron chi connectivity index (χ2n) is 6.96. The highest BCUT2D eigenvalue weighted by Crippen LogP contribution is 2.34. The van der Waals surface area contributed by atoms with Gasteiger partial charge in [-0.15, -0.1) is 11.8 Å². The molecule has 3 rings (SSSR count). The topological polar surface area (TPSA) is 29.1 Å². The highest BCUT2D eigenvalue weighted by molar-refractivity contribution is 7.98. The molecular formula is C27H45NOS. The molecule has 1 N–H and O–H groups in total. The molecule has 0 saturated heterocycles. The molecule has 0 atom stereocenters. The SMILES string of the molecule is C/C=C1\C(=O)Nc2ccc(SC)cc21.CC.CC.CC(C)C.Cc1cccc(C)c1.[HH]. The maximum atomic E-state index is 11.5.